The summed E-state index contributed by atoms with van der Waals surface area (Å²) in [6.45, 7) is 0.603. The molecule has 2 rings (SSSR count). The largest absolute Gasteiger partial charge is 0.491 e. The van der Waals surface area contributed by atoms with Crippen LogP contribution in [0.15, 0.2) is 17.0 Å². The molecule has 0 N–H and O–H groups in total. The van der Waals surface area contributed by atoms with Crippen molar-refractivity contribution in [2.45, 2.75) is 11.3 Å². The number of hydrogen-bond donors (Lipinski definition) is 0. The van der Waals surface area contributed by atoms with E-state index in [2.05, 4.69) is 27.1 Å². The average Bonchev–Trinajstić information content (AvgIpc) is 2.47. The second kappa shape index (κ2) is 6.24. The summed E-state index contributed by atoms with van der Waals surface area (Å²) in [7, 11) is 1.53. The third-order valence-corrected chi connectivity index (χ3v) is 9.08. The molecule has 0 aliphatic carbocycles. The van der Waals surface area contributed by atoms with Crippen LogP contribution in [0.2, 0.25) is 0 Å². The van der Waals surface area contributed by atoms with Gasteiger partial charge in [-0.15, -0.1) is 12.3 Å². The van der Waals surface area contributed by atoms with Gasteiger partial charge in [0.05, 0.1) is 24.2 Å². The van der Waals surface area contributed by atoms with E-state index in [4.69, 9.17) is 20.1 Å². The first-order valence-electron chi connectivity index (χ1n) is 5.94. The van der Waals surface area contributed by atoms with Crippen LogP contribution in [0.25, 0.3) is 0 Å². The molecule has 0 saturated carbocycles. The summed E-state index contributed by atoms with van der Waals surface area (Å²) < 4.78 is 16.3. The zero-order valence-electron chi connectivity index (χ0n) is 11.3. The number of benzene rings is 1. The first-order chi connectivity index (χ1) is 9.57. The highest BCUT2D eigenvalue weighted by molar-refractivity contribution is 14.2. The van der Waals surface area contributed by atoms with Crippen LogP contribution in [0, 0.1) is 12.3 Å². The van der Waals surface area contributed by atoms with Gasteiger partial charge in [0.25, 0.3) is 0 Å². The minimum absolute atomic E-state index is 0.345. The van der Waals surface area contributed by atoms with Gasteiger partial charge in [0.1, 0.15) is 5.75 Å². The molecular weight excluding hydrogens is 391 g/mol. The summed E-state index contributed by atoms with van der Waals surface area (Å²) in [6.07, 6.45) is 5.80. The highest BCUT2D eigenvalue weighted by atomic mass is 127. The van der Waals surface area contributed by atoms with Crippen molar-refractivity contribution in [3.05, 3.63) is 23.3 Å². The van der Waals surface area contributed by atoms with Gasteiger partial charge in [-0.25, -0.2) is 4.79 Å². The molecule has 0 fully saturated rings. The Hall–Kier alpha value is -0.910. The molecule has 0 saturated heterocycles. The molecule has 0 spiro atoms. The molecule has 1 aliphatic rings. The van der Waals surface area contributed by atoms with Gasteiger partial charge in [0.2, 0.25) is 0 Å². The number of rotatable bonds is 3. The fourth-order valence-corrected chi connectivity index (χ4v) is 5.96. The van der Waals surface area contributed by atoms with Gasteiger partial charge in [-0.2, -0.15) is 0 Å². The van der Waals surface area contributed by atoms with Gasteiger partial charge in [-0.1, -0.05) is 0 Å². The lowest BCUT2D eigenvalue weighted by Gasteiger charge is -2.38. The van der Waals surface area contributed by atoms with Crippen molar-refractivity contribution in [1.82, 2.24) is 0 Å². The number of carbonyl (C=O) groups is 1. The minimum Gasteiger partial charge on any atom is -0.491 e. The molecule has 0 aromatic heterocycles. The maximum Gasteiger partial charge on any atom is 0.338 e. The number of halogens is 1. The third-order valence-electron chi connectivity index (χ3n) is 3.08. The average molecular weight is 406 g/mol. The van der Waals surface area contributed by atoms with Crippen molar-refractivity contribution >= 4 is 34.7 Å². The van der Waals surface area contributed by atoms with E-state index in [1.54, 1.807) is 19.2 Å². The van der Waals surface area contributed by atoms with Crippen molar-refractivity contribution in [1.29, 1.82) is 0 Å². The number of carbonyl (C=O) groups excluding carboxylic acids is 1. The molecule has 20 heavy (non-hydrogen) atoms. The molecule has 1 aromatic rings. The van der Waals surface area contributed by atoms with Crippen molar-refractivity contribution in [3.63, 3.8) is 0 Å². The number of fused-ring (bicyclic) bond motifs is 1. The Morgan fingerprint density at radius 2 is 2.30 bits per heavy atom. The Morgan fingerprint density at radius 1 is 1.55 bits per heavy atom. The van der Waals surface area contributed by atoms with E-state index in [0.717, 1.165) is 22.0 Å². The topological polar surface area (TPSA) is 44.8 Å². The lowest BCUT2D eigenvalue weighted by Crippen LogP contribution is -2.20. The monoisotopic (exact) mass is 406 g/mol. The Labute approximate surface area is 132 Å². The van der Waals surface area contributed by atoms with E-state index in [1.807, 2.05) is 0 Å². The molecule has 0 amide bonds. The number of methoxy groups -OCH3 is 1. The second-order valence-corrected chi connectivity index (χ2v) is 10.7. The number of terminal acetylenes is 1. The summed E-state index contributed by atoms with van der Waals surface area (Å²) in [6, 6.07) is 3.50. The first-order valence-corrected chi connectivity index (χ1v) is 10.2. The summed E-state index contributed by atoms with van der Waals surface area (Å²) in [4.78, 5) is 12.9. The quantitative estimate of drug-likeness (QED) is 0.440. The molecule has 1 aliphatic heterocycles. The normalized spacial score (nSPS) is 23.7. The van der Waals surface area contributed by atoms with Crippen LogP contribution >= 0.6 is 28.7 Å². The molecule has 4 nitrogen and oxygen atoms in total. The van der Waals surface area contributed by atoms with E-state index in [1.165, 1.54) is 7.11 Å². The van der Waals surface area contributed by atoms with Crippen LogP contribution in [0.1, 0.15) is 15.9 Å². The third kappa shape index (κ3) is 2.62. The SMILES string of the molecule is C#CCc1c(C(=O)OC)ccc2c1S(I)(OC)CCO2. The van der Waals surface area contributed by atoms with Crippen LogP contribution < -0.4 is 4.74 Å². The van der Waals surface area contributed by atoms with Gasteiger partial charge in [-0.05, 0) is 25.2 Å². The fraction of sp³-hybridized carbons (Fsp3) is 0.357. The Balaban J connectivity index is 2.70. The molecule has 0 radical (unpaired) electrons. The van der Waals surface area contributed by atoms with Crippen molar-refractivity contribution in [3.8, 4) is 18.1 Å². The predicted molar refractivity (Wildman–Crippen MR) is 87.6 cm³/mol. The van der Waals surface area contributed by atoms with E-state index in [9.17, 15) is 4.79 Å². The number of hydrogen-bond acceptors (Lipinski definition) is 4. The van der Waals surface area contributed by atoms with Crippen LogP contribution in [0.5, 0.6) is 5.75 Å². The van der Waals surface area contributed by atoms with E-state index in [0.29, 0.717) is 18.6 Å². The van der Waals surface area contributed by atoms with E-state index >= 15 is 0 Å². The molecule has 0 bridgehead atoms. The zero-order valence-corrected chi connectivity index (χ0v) is 14.2. The van der Waals surface area contributed by atoms with Crippen LogP contribution in [-0.2, 0) is 15.3 Å². The van der Waals surface area contributed by atoms with Crippen molar-refractivity contribution in [2.24, 2.45) is 0 Å². The van der Waals surface area contributed by atoms with Gasteiger partial charge in [-0.3, -0.25) is 0 Å². The summed E-state index contributed by atoms with van der Waals surface area (Å²) in [5.74, 6) is 3.74. The zero-order chi connectivity index (χ0) is 14.8. The Kier molecular flexibility index (Phi) is 4.83. The Morgan fingerprint density at radius 3 is 2.90 bits per heavy atom. The number of esters is 1. The molecular formula is C14H15IO4S. The van der Waals surface area contributed by atoms with Crippen LogP contribution in [-0.4, -0.2) is 32.5 Å². The smallest absolute Gasteiger partial charge is 0.338 e. The first kappa shape index (κ1) is 15.5. The van der Waals surface area contributed by atoms with Gasteiger partial charge in [0, 0.05) is 40.5 Å². The maximum atomic E-state index is 11.9. The van der Waals surface area contributed by atoms with Gasteiger partial charge < -0.3 is 13.7 Å². The molecule has 1 heterocycles. The highest BCUT2D eigenvalue weighted by Crippen LogP contribution is 2.68. The summed E-state index contributed by atoms with van der Waals surface area (Å²) in [5, 5.41) is 0. The standard InChI is InChI=1S/C14H15IO4S/c1-4-5-10-11(14(16)17-2)6-7-12-13(10)20(15,18-3)9-8-19-12/h1,6-7H,5,8-9H2,2-3H3. The molecule has 1 atom stereocenters. The summed E-state index contributed by atoms with van der Waals surface area (Å²) >= 11 is 2.32. The molecule has 1 unspecified atom stereocenters. The van der Waals surface area contributed by atoms with E-state index in [-0.39, 0.29) is 0 Å². The fourth-order valence-electron chi connectivity index (χ4n) is 2.16. The predicted octanol–water partition coefficient (Wildman–Crippen LogP) is 3.12. The van der Waals surface area contributed by atoms with E-state index < -0.39 is 13.4 Å². The lowest BCUT2D eigenvalue weighted by molar-refractivity contribution is 0.0599. The van der Waals surface area contributed by atoms with Crippen molar-refractivity contribution < 1.29 is 18.5 Å². The van der Waals surface area contributed by atoms with Crippen LogP contribution in [0.4, 0.5) is 0 Å². The second-order valence-electron chi connectivity index (χ2n) is 4.11. The highest BCUT2D eigenvalue weighted by Gasteiger charge is 2.35. The number of ether oxygens (including phenoxy) is 2. The summed E-state index contributed by atoms with van der Waals surface area (Å²) in [5.41, 5.74) is 1.27. The van der Waals surface area contributed by atoms with Gasteiger partial charge in [0.15, 0.2) is 0 Å². The molecule has 6 heteroatoms. The lowest BCUT2D eigenvalue weighted by atomic mass is 10.0. The molecule has 1 aromatic carbocycles. The van der Waals surface area contributed by atoms with Gasteiger partial charge >= 0.3 is 5.97 Å². The van der Waals surface area contributed by atoms with Crippen molar-refractivity contribution in [2.75, 3.05) is 26.6 Å². The maximum absolute atomic E-state index is 11.9. The van der Waals surface area contributed by atoms with Crippen LogP contribution in [0.3, 0.4) is 0 Å². The minimum atomic E-state index is -1.51. The molecule has 108 valence electrons. The Bertz CT molecular complexity index is 581.